The maximum absolute atomic E-state index is 11.3. The first-order valence-electron chi connectivity index (χ1n) is 5.64. The smallest absolute Gasteiger partial charge is 0.407 e. The fourth-order valence-electron chi connectivity index (χ4n) is 1.31. The molecular formula is C12H18N2O4. The van der Waals surface area contributed by atoms with Crippen molar-refractivity contribution in [1.82, 2.24) is 9.88 Å². The van der Waals surface area contributed by atoms with Crippen molar-refractivity contribution in [1.29, 1.82) is 0 Å². The van der Waals surface area contributed by atoms with E-state index in [1.807, 2.05) is 0 Å². The van der Waals surface area contributed by atoms with Crippen LogP contribution in [0.5, 0.6) is 0 Å². The van der Waals surface area contributed by atoms with Crippen molar-refractivity contribution in [3.8, 4) is 0 Å². The molecule has 6 heteroatoms. The van der Waals surface area contributed by atoms with E-state index < -0.39 is 17.7 Å². The molecule has 0 aromatic carbocycles. The highest BCUT2D eigenvalue weighted by atomic mass is 16.6. The Morgan fingerprint density at radius 1 is 1.44 bits per heavy atom. The maximum atomic E-state index is 11.3. The standard InChI is InChI=1S/C12H18N2O4/c1-12(2,3)18-11(17)13-5-7-14-6-4-9(8-14)10(15)16/h4,6,8H,5,7H2,1-3H3,(H,13,17)(H,15,16). The lowest BCUT2D eigenvalue weighted by Gasteiger charge is -2.19. The lowest BCUT2D eigenvalue weighted by molar-refractivity contribution is 0.0525. The molecule has 0 aliphatic rings. The maximum Gasteiger partial charge on any atom is 0.407 e. The van der Waals surface area contributed by atoms with E-state index in [0.717, 1.165) is 0 Å². The van der Waals surface area contributed by atoms with Gasteiger partial charge in [0.05, 0.1) is 5.56 Å². The molecule has 1 amide bonds. The Morgan fingerprint density at radius 3 is 2.61 bits per heavy atom. The lowest BCUT2D eigenvalue weighted by atomic mass is 10.2. The number of nitrogens with one attached hydrogen (secondary N) is 1. The van der Waals surface area contributed by atoms with Crippen LogP contribution in [-0.4, -0.2) is 33.9 Å². The van der Waals surface area contributed by atoms with Gasteiger partial charge in [-0.1, -0.05) is 0 Å². The monoisotopic (exact) mass is 254 g/mol. The van der Waals surface area contributed by atoms with Crippen LogP contribution in [0.2, 0.25) is 0 Å². The average Bonchev–Trinajstić information content (AvgIpc) is 2.63. The van der Waals surface area contributed by atoms with E-state index in [9.17, 15) is 9.59 Å². The minimum Gasteiger partial charge on any atom is -0.478 e. The highest BCUT2D eigenvalue weighted by molar-refractivity contribution is 5.87. The molecule has 1 aromatic heterocycles. The van der Waals surface area contributed by atoms with Gasteiger partial charge in [0, 0.05) is 25.5 Å². The third kappa shape index (κ3) is 4.90. The van der Waals surface area contributed by atoms with Crippen molar-refractivity contribution >= 4 is 12.1 Å². The fraction of sp³-hybridized carbons (Fsp3) is 0.500. The number of carbonyl (C=O) groups excluding carboxylic acids is 1. The van der Waals surface area contributed by atoms with Gasteiger partial charge in [-0.3, -0.25) is 0 Å². The summed E-state index contributed by atoms with van der Waals surface area (Å²) in [6.07, 6.45) is 2.69. The summed E-state index contributed by atoms with van der Waals surface area (Å²) in [5, 5.41) is 11.3. The van der Waals surface area contributed by atoms with Gasteiger partial charge in [0.2, 0.25) is 0 Å². The van der Waals surface area contributed by atoms with Crippen molar-refractivity contribution in [2.75, 3.05) is 6.54 Å². The van der Waals surface area contributed by atoms with Crippen molar-refractivity contribution in [3.63, 3.8) is 0 Å². The molecule has 0 aliphatic carbocycles. The Kier molecular flexibility index (Phi) is 4.36. The van der Waals surface area contributed by atoms with Gasteiger partial charge in [-0.05, 0) is 26.8 Å². The van der Waals surface area contributed by atoms with E-state index in [-0.39, 0.29) is 5.56 Å². The molecule has 0 unspecified atom stereocenters. The van der Waals surface area contributed by atoms with Crippen LogP contribution in [0.15, 0.2) is 18.5 Å². The Morgan fingerprint density at radius 2 is 2.11 bits per heavy atom. The topological polar surface area (TPSA) is 80.6 Å². The largest absolute Gasteiger partial charge is 0.478 e. The molecule has 0 atom stereocenters. The Labute approximate surface area is 106 Å². The number of carbonyl (C=O) groups is 2. The molecule has 100 valence electrons. The summed E-state index contributed by atoms with van der Waals surface area (Å²) in [4.78, 5) is 22.0. The predicted octanol–water partition coefficient (Wildman–Crippen LogP) is 1.71. The zero-order chi connectivity index (χ0) is 13.8. The van der Waals surface area contributed by atoms with Gasteiger partial charge < -0.3 is 19.7 Å². The number of aromatic carboxylic acids is 1. The molecule has 2 N–H and O–H groups in total. The minimum atomic E-state index is -0.964. The van der Waals surface area contributed by atoms with E-state index in [0.29, 0.717) is 13.1 Å². The van der Waals surface area contributed by atoms with E-state index in [1.165, 1.54) is 12.3 Å². The molecule has 18 heavy (non-hydrogen) atoms. The fourth-order valence-corrected chi connectivity index (χ4v) is 1.31. The Hall–Kier alpha value is -1.98. The van der Waals surface area contributed by atoms with Crippen LogP contribution in [-0.2, 0) is 11.3 Å². The van der Waals surface area contributed by atoms with Crippen LogP contribution in [0.3, 0.4) is 0 Å². The second-order valence-electron chi connectivity index (χ2n) is 4.87. The number of nitrogens with zero attached hydrogens (tertiary/aromatic N) is 1. The van der Waals surface area contributed by atoms with E-state index in [4.69, 9.17) is 9.84 Å². The first kappa shape index (κ1) is 14.1. The summed E-state index contributed by atoms with van der Waals surface area (Å²) < 4.78 is 6.76. The molecule has 0 saturated carbocycles. The van der Waals surface area contributed by atoms with Gasteiger partial charge in [-0.15, -0.1) is 0 Å². The molecule has 0 saturated heterocycles. The number of carboxylic acids is 1. The first-order chi connectivity index (χ1) is 8.28. The average molecular weight is 254 g/mol. The molecule has 0 radical (unpaired) electrons. The molecule has 0 bridgehead atoms. The van der Waals surface area contributed by atoms with Crippen LogP contribution >= 0.6 is 0 Å². The Bertz CT molecular complexity index is 432. The highest BCUT2D eigenvalue weighted by Gasteiger charge is 2.15. The quantitative estimate of drug-likeness (QED) is 0.857. The third-order valence-corrected chi connectivity index (χ3v) is 2.04. The molecule has 1 aromatic rings. The molecule has 0 fully saturated rings. The summed E-state index contributed by atoms with van der Waals surface area (Å²) in [7, 11) is 0. The zero-order valence-corrected chi connectivity index (χ0v) is 10.8. The summed E-state index contributed by atoms with van der Waals surface area (Å²) in [6.45, 7) is 6.24. The van der Waals surface area contributed by atoms with Gasteiger partial charge in [-0.25, -0.2) is 9.59 Å². The second-order valence-corrected chi connectivity index (χ2v) is 4.87. The van der Waals surface area contributed by atoms with Crippen molar-refractivity contribution in [2.24, 2.45) is 0 Å². The van der Waals surface area contributed by atoms with E-state index >= 15 is 0 Å². The van der Waals surface area contributed by atoms with E-state index in [2.05, 4.69) is 5.32 Å². The van der Waals surface area contributed by atoms with Gasteiger partial charge in [-0.2, -0.15) is 0 Å². The van der Waals surface area contributed by atoms with Crippen molar-refractivity contribution < 1.29 is 19.4 Å². The zero-order valence-electron chi connectivity index (χ0n) is 10.8. The van der Waals surface area contributed by atoms with Crippen LogP contribution < -0.4 is 5.32 Å². The molecule has 0 aliphatic heterocycles. The predicted molar refractivity (Wildman–Crippen MR) is 65.6 cm³/mol. The number of ether oxygens (including phenoxy) is 1. The molecule has 0 spiro atoms. The number of aromatic nitrogens is 1. The summed E-state index contributed by atoms with van der Waals surface area (Å²) >= 11 is 0. The van der Waals surface area contributed by atoms with Crippen molar-refractivity contribution in [2.45, 2.75) is 32.9 Å². The van der Waals surface area contributed by atoms with E-state index in [1.54, 1.807) is 31.5 Å². The number of hydrogen-bond acceptors (Lipinski definition) is 3. The summed E-state index contributed by atoms with van der Waals surface area (Å²) in [5.74, 6) is -0.964. The SMILES string of the molecule is CC(C)(C)OC(=O)NCCn1ccc(C(=O)O)c1. The third-order valence-electron chi connectivity index (χ3n) is 2.04. The molecule has 6 nitrogen and oxygen atoms in total. The normalized spacial score (nSPS) is 11.1. The molecular weight excluding hydrogens is 236 g/mol. The lowest BCUT2D eigenvalue weighted by Crippen LogP contribution is -2.34. The first-order valence-corrected chi connectivity index (χ1v) is 5.64. The van der Waals surface area contributed by atoms with Gasteiger partial charge in [0.15, 0.2) is 0 Å². The van der Waals surface area contributed by atoms with Crippen molar-refractivity contribution in [3.05, 3.63) is 24.0 Å². The van der Waals surface area contributed by atoms with Crippen LogP contribution in [0.1, 0.15) is 31.1 Å². The second kappa shape index (κ2) is 5.57. The van der Waals surface area contributed by atoms with Crippen LogP contribution in [0.25, 0.3) is 0 Å². The highest BCUT2D eigenvalue weighted by Crippen LogP contribution is 2.06. The summed E-state index contributed by atoms with van der Waals surface area (Å²) in [6, 6.07) is 1.51. The van der Waals surface area contributed by atoms with Crippen LogP contribution in [0.4, 0.5) is 4.79 Å². The van der Waals surface area contributed by atoms with Gasteiger partial charge >= 0.3 is 12.1 Å². The molecule has 1 heterocycles. The summed E-state index contributed by atoms with van der Waals surface area (Å²) in [5.41, 5.74) is -0.291. The van der Waals surface area contributed by atoms with Gasteiger partial charge in [0.1, 0.15) is 5.60 Å². The van der Waals surface area contributed by atoms with Crippen LogP contribution in [0, 0.1) is 0 Å². The molecule has 1 rings (SSSR count). The number of carboxylic acid groups (broad SMARTS) is 1. The number of hydrogen-bond donors (Lipinski definition) is 2. The number of alkyl carbamates (subject to hydrolysis) is 1. The number of rotatable bonds is 4. The Balaban J connectivity index is 2.33. The minimum absolute atomic E-state index is 0.229. The number of amides is 1. The van der Waals surface area contributed by atoms with Gasteiger partial charge in [0.25, 0.3) is 0 Å².